The van der Waals surface area contributed by atoms with Crippen molar-refractivity contribution in [3.8, 4) is 0 Å². The van der Waals surface area contributed by atoms with E-state index in [9.17, 15) is 4.79 Å². The van der Waals surface area contributed by atoms with Crippen LogP contribution in [0.3, 0.4) is 0 Å². The van der Waals surface area contributed by atoms with Gasteiger partial charge in [0.2, 0.25) is 0 Å². The van der Waals surface area contributed by atoms with Crippen LogP contribution in [0, 0.1) is 0 Å². The molecule has 0 aromatic carbocycles. The smallest absolute Gasteiger partial charge is 0.319 e. The quantitative estimate of drug-likeness (QED) is 0.697. The zero-order valence-corrected chi connectivity index (χ0v) is 7.77. The van der Waals surface area contributed by atoms with Gasteiger partial charge in [-0.05, 0) is 31.4 Å². The van der Waals surface area contributed by atoms with E-state index in [0.29, 0.717) is 12.8 Å². The van der Waals surface area contributed by atoms with Crippen LogP contribution in [-0.2, 0) is 4.79 Å². The summed E-state index contributed by atoms with van der Waals surface area (Å²) in [5.41, 5.74) is 0. The molecule has 1 aliphatic heterocycles. The summed E-state index contributed by atoms with van der Waals surface area (Å²) in [4.78, 5) is 10.9. The monoisotopic (exact) mass is 190 g/mol. The second-order valence-electron chi connectivity index (χ2n) is 3.08. The van der Waals surface area contributed by atoms with E-state index in [1.165, 1.54) is 11.8 Å². The molecular formula is C8H14O3S. The molecule has 0 radical (unpaired) electrons. The fourth-order valence-electron chi connectivity index (χ4n) is 1.53. The lowest BCUT2D eigenvalue weighted by Gasteiger charge is -2.21. The molecule has 1 unspecified atom stereocenters. The Balaban J connectivity index is 2.53. The van der Waals surface area contributed by atoms with Gasteiger partial charge in [-0.1, -0.05) is 0 Å². The number of hydrogen-bond donors (Lipinski definition) is 2. The van der Waals surface area contributed by atoms with Gasteiger partial charge in [-0.25, -0.2) is 0 Å². The van der Waals surface area contributed by atoms with Crippen LogP contribution in [0.5, 0.6) is 0 Å². The molecule has 12 heavy (non-hydrogen) atoms. The fourth-order valence-corrected chi connectivity index (χ4v) is 2.92. The number of rotatable bonds is 4. The lowest BCUT2D eigenvalue weighted by atomic mass is 9.98. The molecule has 0 aliphatic carbocycles. The molecule has 4 heteroatoms. The van der Waals surface area contributed by atoms with Crippen molar-refractivity contribution >= 4 is 17.7 Å². The first-order chi connectivity index (χ1) is 5.71. The van der Waals surface area contributed by atoms with Crippen molar-refractivity contribution in [3.05, 3.63) is 0 Å². The van der Waals surface area contributed by atoms with Gasteiger partial charge in [-0.15, -0.1) is 11.8 Å². The molecule has 0 spiro atoms. The number of carbonyl (C=O) groups is 1. The van der Waals surface area contributed by atoms with E-state index in [0.717, 1.165) is 18.6 Å². The Kier molecular flexibility index (Phi) is 3.40. The molecule has 1 atom stereocenters. The van der Waals surface area contributed by atoms with Crippen LogP contribution in [-0.4, -0.2) is 33.3 Å². The maximum Gasteiger partial charge on any atom is 0.319 e. The zero-order valence-electron chi connectivity index (χ0n) is 6.95. The first-order valence-electron chi connectivity index (χ1n) is 4.19. The molecule has 70 valence electrons. The summed E-state index contributed by atoms with van der Waals surface area (Å²) in [6.07, 6.45) is 2.94. The van der Waals surface area contributed by atoms with Gasteiger partial charge in [0.25, 0.3) is 0 Å². The summed E-state index contributed by atoms with van der Waals surface area (Å²) in [7, 11) is 0. The molecule has 1 rings (SSSR count). The third kappa shape index (κ3) is 1.93. The second kappa shape index (κ2) is 4.14. The van der Waals surface area contributed by atoms with Crippen molar-refractivity contribution in [3.63, 3.8) is 0 Å². The summed E-state index contributed by atoms with van der Waals surface area (Å²) >= 11 is 1.53. The third-order valence-corrected chi connectivity index (χ3v) is 3.86. The standard InChI is InChI=1S/C8H14O3S/c9-5-1-3-8(7(10)11)4-2-6-12-8/h9H,1-6H2,(H,10,11). The molecule has 1 fully saturated rings. The number of carboxylic acids is 1. The van der Waals surface area contributed by atoms with Crippen LogP contribution in [0.15, 0.2) is 0 Å². The van der Waals surface area contributed by atoms with Crippen LogP contribution in [0.4, 0.5) is 0 Å². The number of aliphatic hydroxyl groups is 1. The van der Waals surface area contributed by atoms with Gasteiger partial charge in [0, 0.05) is 6.61 Å². The van der Waals surface area contributed by atoms with E-state index < -0.39 is 10.7 Å². The SMILES string of the molecule is O=C(O)C1(CCCO)CCCS1. The van der Waals surface area contributed by atoms with Crippen LogP contribution < -0.4 is 0 Å². The van der Waals surface area contributed by atoms with Crippen molar-refractivity contribution in [1.29, 1.82) is 0 Å². The molecule has 1 heterocycles. The maximum absolute atomic E-state index is 10.9. The van der Waals surface area contributed by atoms with E-state index in [1.807, 2.05) is 0 Å². The average Bonchev–Trinajstić information content (AvgIpc) is 2.50. The Labute approximate surface area is 76.2 Å². The summed E-state index contributed by atoms with van der Waals surface area (Å²) in [5, 5.41) is 17.6. The zero-order chi connectivity index (χ0) is 9.03. The Hall–Kier alpha value is -0.220. The summed E-state index contributed by atoms with van der Waals surface area (Å²) in [5.74, 6) is 0.232. The van der Waals surface area contributed by atoms with Crippen molar-refractivity contribution in [2.45, 2.75) is 30.4 Å². The van der Waals surface area contributed by atoms with Gasteiger partial charge < -0.3 is 10.2 Å². The third-order valence-electron chi connectivity index (χ3n) is 2.23. The number of carboxylic acid groups (broad SMARTS) is 1. The lowest BCUT2D eigenvalue weighted by Crippen LogP contribution is -2.32. The fraction of sp³-hybridized carbons (Fsp3) is 0.875. The van der Waals surface area contributed by atoms with Crippen molar-refractivity contribution in [1.82, 2.24) is 0 Å². The molecule has 0 aromatic rings. The van der Waals surface area contributed by atoms with Crippen LogP contribution in [0.25, 0.3) is 0 Å². The van der Waals surface area contributed by atoms with Gasteiger partial charge >= 0.3 is 5.97 Å². The van der Waals surface area contributed by atoms with Gasteiger partial charge in [-0.2, -0.15) is 0 Å². The highest BCUT2D eigenvalue weighted by atomic mass is 32.2. The Bertz CT molecular complexity index is 164. The Morgan fingerprint density at radius 2 is 2.33 bits per heavy atom. The summed E-state index contributed by atoms with van der Waals surface area (Å²) in [6, 6.07) is 0. The van der Waals surface area contributed by atoms with Crippen LogP contribution >= 0.6 is 11.8 Å². The predicted octanol–water partition coefficient (Wildman–Crippen LogP) is 1.11. The van der Waals surface area contributed by atoms with Crippen LogP contribution in [0.1, 0.15) is 25.7 Å². The topological polar surface area (TPSA) is 57.5 Å². The first-order valence-corrected chi connectivity index (χ1v) is 5.18. The Morgan fingerprint density at radius 1 is 1.58 bits per heavy atom. The minimum atomic E-state index is -0.710. The maximum atomic E-state index is 10.9. The molecule has 3 nitrogen and oxygen atoms in total. The van der Waals surface area contributed by atoms with Crippen LogP contribution in [0.2, 0.25) is 0 Å². The van der Waals surface area contributed by atoms with Gasteiger partial charge in [-0.3, -0.25) is 4.79 Å². The van der Waals surface area contributed by atoms with E-state index in [1.54, 1.807) is 0 Å². The second-order valence-corrected chi connectivity index (χ2v) is 4.56. The molecular weight excluding hydrogens is 176 g/mol. The number of aliphatic carboxylic acids is 1. The first kappa shape index (κ1) is 9.86. The number of thioether (sulfide) groups is 1. The van der Waals surface area contributed by atoms with Gasteiger partial charge in [0.05, 0.1) is 0 Å². The molecule has 0 aromatic heterocycles. The average molecular weight is 190 g/mol. The minimum Gasteiger partial charge on any atom is -0.480 e. The predicted molar refractivity (Wildman–Crippen MR) is 48.4 cm³/mol. The van der Waals surface area contributed by atoms with Gasteiger partial charge in [0.15, 0.2) is 0 Å². The van der Waals surface area contributed by atoms with Crippen molar-refractivity contribution in [2.75, 3.05) is 12.4 Å². The van der Waals surface area contributed by atoms with E-state index >= 15 is 0 Å². The van der Waals surface area contributed by atoms with Gasteiger partial charge in [0.1, 0.15) is 4.75 Å². The van der Waals surface area contributed by atoms with E-state index in [2.05, 4.69) is 0 Å². The number of hydrogen-bond acceptors (Lipinski definition) is 3. The number of aliphatic hydroxyl groups excluding tert-OH is 1. The Morgan fingerprint density at radius 3 is 2.75 bits per heavy atom. The van der Waals surface area contributed by atoms with E-state index in [-0.39, 0.29) is 6.61 Å². The molecule has 1 aliphatic rings. The minimum absolute atomic E-state index is 0.0928. The van der Waals surface area contributed by atoms with Crippen molar-refractivity contribution in [2.24, 2.45) is 0 Å². The highest BCUT2D eigenvalue weighted by Gasteiger charge is 2.41. The highest BCUT2D eigenvalue weighted by molar-refractivity contribution is 8.01. The molecule has 0 bridgehead atoms. The largest absolute Gasteiger partial charge is 0.480 e. The van der Waals surface area contributed by atoms with E-state index in [4.69, 9.17) is 10.2 Å². The highest BCUT2D eigenvalue weighted by Crippen LogP contribution is 2.41. The normalized spacial score (nSPS) is 29.1. The molecule has 0 saturated carbocycles. The lowest BCUT2D eigenvalue weighted by molar-refractivity contribution is -0.140. The molecule has 0 amide bonds. The van der Waals surface area contributed by atoms with Crippen molar-refractivity contribution < 1.29 is 15.0 Å². The summed E-state index contributed by atoms with van der Waals surface area (Å²) < 4.78 is -0.581. The molecule has 1 saturated heterocycles. The molecule has 2 N–H and O–H groups in total. The summed E-state index contributed by atoms with van der Waals surface area (Å²) in [6.45, 7) is 0.0928.